The minimum absolute atomic E-state index is 0.0106. The van der Waals surface area contributed by atoms with Crippen molar-refractivity contribution < 1.29 is 19.1 Å². The van der Waals surface area contributed by atoms with Crippen LogP contribution < -0.4 is 4.74 Å². The third-order valence-electron chi connectivity index (χ3n) is 7.16. The van der Waals surface area contributed by atoms with Crippen molar-refractivity contribution in [2.24, 2.45) is 0 Å². The molecule has 2 amide bonds. The molecule has 0 radical (unpaired) electrons. The van der Waals surface area contributed by atoms with Gasteiger partial charge in [0.2, 0.25) is 5.91 Å². The largest absolute Gasteiger partial charge is 0.457 e. The number of hydrogen-bond acceptors (Lipinski definition) is 6. The van der Waals surface area contributed by atoms with Crippen LogP contribution in [0.15, 0.2) is 60.8 Å². The summed E-state index contributed by atoms with van der Waals surface area (Å²) in [6.45, 7) is 4.64. The van der Waals surface area contributed by atoms with Crippen LogP contribution in [-0.2, 0) is 9.53 Å². The lowest BCUT2D eigenvalue weighted by atomic mass is 10.0. The molecule has 38 heavy (non-hydrogen) atoms. The molecule has 0 spiro atoms. The fraction of sp³-hybridized carbons (Fsp3) is 0.310. The van der Waals surface area contributed by atoms with Crippen molar-refractivity contribution >= 4 is 22.8 Å². The summed E-state index contributed by atoms with van der Waals surface area (Å²) < 4.78 is 11.8. The van der Waals surface area contributed by atoms with Gasteiger partial charge < -0.3 is 24.3 Å². The first-order valence-corrected chi connectivity index (χ1v) is 12.9. The van der Waals surface area contributed by atoms with Crippen molar-refractivity contribution in [2.45, 2.75) is 25.8 Å². The van der Waals surface area contributed by atoms with Crippen molar-refractivity contribution in [2.75, 3.05) is 32.8 Å². The molecule has 9 nitrogen and oxygen atoms in total. The number of aromatic nitrogens is 3. The molecule has 2 aromatic heterocycles. The van der Waals surface area contributed by atoms with Crippen LogP contribution in [0.1, 0.15) is 41.7 Å². The first-order chi connectivity index (χ1) is 18.6. The molecule has 2 aliphatic heterocycles. The van der Waals surface area contributed by atoms with Gasteiger partial charge in [-0.1, -0.05) is 6.07 Å². The highest BCUT2D eigenvalue weighted by Gasteiger charge is 2.31. The summed E-state index contributed by atoms with van der Waals surface area (Å²) in [5.41, 5.74) is 3.89. The number of imidazole rings is 1. The van der Waals surface area contributed by atoms with Gasteiger partial charge in [-0.15, -0.1) is 0 Å². The van der Waals surface area contributed by atoms with Gasteiger partial charge in [0.15, 0.2) is 5.82 Å². The molecule has 1 unspecified atom stereocenters. The Bertz CT molecular complexity index is 1460. The quantitative estimate of drug-likeness (QED) is 0.421. The molecule has 2 saturated heterocycles. The Morgan fingerprint density at radius 2 is 1.87 bits per heavy atom. The Morgan fingerprint density at radius 3 is 2.61 bits per heavy atom. The van der Waals surface area contributed by atoms with E-state index >= 15 is 0 Å². The number of carbonyl (C=O) groups excluding carboxylic acids is 2. The van der Waals surface area contributed by atoms with Crippen LogP contribution in [0.25, 0.3) is 22.6 Å². The normalized spacial score (nSPS) is 17.7. The second kappa shape index (κ2) is 10.3. The number of morpholine rings is 1. The molecule has 1 N–H and O–H groups in total. The topological polar surface area (TPSA) is 101 Å². The van der Waals surface area contributed by atoms with E-state index in [4.69, 9.17) is 14.5 Å². The van der Waals surface area contributed by atoms with Gasteiger partial charge >= 0.3 is 0 Å². The molecule has 2 fully saturated rings. The van der Waals surface area contributed by atoms with Crippen LogP contribution in [0.3, 0.4) is 0 Å². The Kier molecular flexibility index (Phi) is 6.51. The number of pyridine rings is 1. The third-order valence-corrected chi connectivity index (χ3v) is 7.16. The minimum Gasteiger partial charge on any atom is -0.457 e. The Morgan fingerprint density at radius 1 is 1.05 bits per heavy atom. The number of ether oxygens (including phenoxy) is 2. The molecule has 4 aromatic rings. The average Bonchev–Trinajstić information content (AvgIpc) is 3.61. The Balaban J connectivity index is 1.34. The Hall–Kier alpha value is -4.24. The molecule has 2 aromatic carbocycles. The van der Waals surface area contributed by atoms with Crippen LogP contribution in [0, 0.1) is 0 Å². The number of H-pyrrole nitrogens is 1. The molecule has 2 aliphatic rings. The average molecular weight is 512 g/mol. The smallest absolute Gasteiger partial charge is 0.254 e. The van der Waals surface area contributed by atoms with E-state index in [0.717, 1.165) is 41.7 Å². The van der Waals surface area contributed by atoms with Crippen LogP contribution in [0.5, 0.6) is 11.5 Å². The second-order valence-electron chi connectivity index (χ2n) is 9.61. The van der Waals surface area contributed by atoms with Gasteiger partial charge in [-0.2, -0.15) is 0 Å². The van der Waals surface area contributed by atoms with Crippen LogP contribution in [-0.4, -0.2) is 69.4 Å². The maximum absolute atomic E-state index is 12.8. The van der Waals surface area contributed by atoms with E-state index in [0.29, 0.717) is 49.2 Å². The monoisotopic (exact) mass is 511 g/mol. The van der Waals surface area contributed by atoms with E-state index in [9.17, 15) is 9.59 Å². The fourth-order valence-electron chi connectivity index (χ4n) is 5.24. The van der Waals surface area contributed by atoms with Gasteiger partial charge in [-0.05, 0) is 55.3 Å². The van der Waals surface area contributed by atoms with Crippen molar-refractivity contribution in [3.05, 3.63) is 71.9 Å². The highest BCUT2D eigenvalue weighted by Crippen LogP contribution is 2.41. The summed E-state index contributed by atoms with van der Waals surface area (Å²) >= 11 is 0. The SMILES string of the molecule is CC(=O)N1CCCC1c1cc2[nH]c(-c3ccccn3)nc2cc1Oc1ccc(C(=O)N2CCOCC2)cc1. The van der Waals surface area contributed by atoms with Gasteiger partial charge in [0.05, 0.1) is 30.3 Å². The molecule has 4 heterocycles. The summed E-state index contributed by atoms with van der Waals surface area (Å²) in [5, 5.41) is 0. The summed E-state index contributed by atoms with van der Waals surface area (Å²) in [7, 11) is 0. The number of likely N-dealkylation sites (tertiary alicyclic amines) is 1. The van der Waals surface area contributed by atoms with Gasteiger partial charge in [0, 0.05) is 49.9 Å². The lowest BCUT2D eigenvalue weighted by Crippen LogP contribution is -2.40. The zero-order chi connectivity index (χ0) is 26.1. The zero-order valence-corrected chi connectivity index (χ0v) is 21.2. The van der Waals surface area contributed by atoms with Crippen LogP contribution in [0.4, 0.5) is 0 Å². The summed E-state index contributed by atoms with van der Waals surface area (Å²) in [4.78, 5) is 41.5. The lowest BCUT2D eigenvalue weighted by molar-refractivity contribution is -0.129. The zero-order valence-electron chi connectivity index (χ0n) is 21.2. The van der Waals surface area contributed by atoms with Crippen molar-refractivity contribution in [1.29, 1.82) is 0 Å². The number of carbonyl (C=O) groups is 2. The minimum atomic E-state index is -0.0873. The van der Waals surface area contributed by atoms with Gasteiger partial charge in [0.25, 0.3) is 5.91 Å². The number of fused-ring (bicyclic) bond motifs is 1. The molecule has 9 heteroatoms. The molecule has 1 atom stereocenters. The maximum Gasteiger partial charge on any atom is 0.254 e. The number of amides is 2. The van der Waals surface area contributed by atoms with Gasteiger partial charge in [0.1, 0.15) is 17.2 Å². The summed E-state index contributed by atoms with van der Waals surface area (Å²) in [5.74, 6) is 1.95. The molecular formula is C29H29N5O4. The number of benzene rings is 2. The lowest BCUT2D eigenvalue weighted by Gasteiger charge is -2.27. The number of nitrogens with zero attached hydrogens (tertiary/aromatic N) is 4. The molecule has 0 saturated carbocycles. The van der Waals surface area contributed by atoms with Crippen LogP contribution >= 0.6 is 0 Å². The number of rotatable bonds is 5. The second-order valence-corrected chi connectivity index (χ2v) is 9.61. The summed E-state index contributed by atoms with van der Waals surface area (Å²) in [6.07, 6.45) is 3.52. The van der Waals surface area contributed by atoms with E-state index in [1.54, 1.807) is 30.2 Å². The molecule has 194 valence electrons. The van der Waals surface area contributed by atoms with E-state index in [-0.39, 0.29) is 17.9 Å². The van der Waals surface area contributed by atoms with Crippen molar-refractivity contribution in [1.82, 2.24) is 24.8 Å². The number of aromatic amines is 1. The summed E-state index contributed by atoms with van der Waals surface area (Å²) in [6, 6.07) is 16.8. The standard InChI is InChI=1S/C29H29N5O4/c1-19(35)34-12-4-6-26(34)22-17-24-25(32-28(31-24)23-5-2-3-11-30-23)18-27(22)38-21-9-7-20(8-10-21)29(36)33-13-15-37-16-14-33/h2-3,5,7-11,17-18,26H,4,6,12-16H2,1H3,(H,31,32). The fourth-order valence-corrected chi connectivity index (χ4v) is 5.24. The van der Waals surface area contributed by atoms with Crippen molar-refractivity contribution in [3.8, 4) is 23.0 Å². The number of hydrogen-bond donors (Lipinski definition) is 1. The van der Waals surface area contributed by atoms with Crippen LogP contribution in [0.2, 0.25) is 0 Å². The van der Waals surface area contributed by atoms with Gasteiger partial charge in [-0.25, -0.2) is 4.98 Å². The number of nitrogens with one attached hydrogen (secondary N) is 1. The third kappa shape index (κ3) is 4.72. The Labute approximate surface area is 220 Å². The van der Waals surface area contributed by atoms with E-state index in [2.05, 4.69) is 9.97 Å². The maximum atomic E-state index is 12.8. The first kappa shape index (κ1) is 24.1. The molecule has 0 aliphatic carbocycles. The highest BCUT2D eigenvalue weighted by molar-refractivity contribution is 5.94. The predicted molar refractivity (Wildman–Crippen MR) is 142 cm³/mol. The molecular weight excluding hydrogens is 482 g/mol. The highest BCUT2D eigenvalue weighted by atomic mass is 16.5. The van der Waals surface area contributed by atoms with E-state index in [1.807, 2.05) is 47.4 Å². The van der Waals surface area contributed by atoms with E-state index < -0.39 is 0 Å². The van der Waals surface area contributed by atoms with E-state index in [1.165, 1.54) is 0 Å². The van der Waals surface area contributed by atoms with Crippen molar-refractivity contribution in [3.63, 3.8) is 0 Å². The van der Waals surface area contributed by atoms with Gasteiger partial charge in [-0.3, -0.25) is 14.6 Å². The molecule has 0 bridgehead atoms. The first-order valence-electron chi connectivity index (χ1n) is 12.9. The predicted octanol–water partition coefficient (Wildman–Crippen LogP) is 4.57. The molecule has 6 rings (SSSR count).